The van der Waals surface area contributed by atoms with Crippen molar-refractivity contribution in [3.8, 4) is 0 Å². The minimum atomic E-state index is 0.250. The van der Waals surface area contributed by atoms with E-state index in [2.05, 4.69) is 33.0 Å². The lowest BCUT2D eigenvalue weighted by Gasteiger charge is -2.25. The van der Waals surface area contributed by atoms with Gasteiger partial charge in [0.1, 0.15) is 0 Å². The lowest BCUT2D eigenvalue weighted by molar-refractivity contribution is 0.214. The molecule has 12 heavy (non-hydrogen) atoms. The Bertz CT molecular complexity index is 100. The Morgan fingerprint density at radius 1 is 1.17 bits per heavy atom. The molecule has 0 bridgehead atoms. The molecule has 0 fully saturated rings. The second kappa shape index (κ2) is 6.44. The summed E-state index contributed by atoms with van der Waals surface area (Å²) in [5.41, 5.74) is 0. The molecule has 74 valence electrons. The van der Waals surface area contributed by atoms with Crippen molar-refractivity contribution in [1.82, 2.24) is 5.32 Å². The zero-order valence-electron chi connectivity index (χ0n) is 8.80. The van der Waals surface area contributed by atoms with E-state index in [9.17, 15) is 0 Å². The first-order valence-electron chi connectivity index (χ1n) is 5.02. The molecule has 0 saturated carbocycles. The number of hydrogen-bond acceptors (Lipinski definition) is 2. The predicted octanol–water partition coefficient (Wildman–Crippen LogP) is 1.78. The molecule has 0 aromatic heterocycles. The maximum absolute atomic E-state index is 8.99. The molecule has 0 spiro atoms. The first-order valence-corrected chi connectivity index (χ1v) is 5.02. The fraction of sp³-hybridized carbons (Fsp3) is 1.00. The van der Waals surface area contributed by atoms with Crippen LogP contribution in [-0.2, 0) is 0 Å². The highest BCUT2D eigenvalue weighted by molar-refractivity contribution is 4.74. The molecule has 0 amide bonds. The SMILES string of the molecule is CCC(N[C@@H](CC)CO)C(C)C. The van der Waals surface area contributed by atoms with Crippen molar-refractivity contribution in [2.45, 2.75) is 52.6 Å². The van der Waals surface area contributed by atoms with Crippen molar-refractivity contribution in [3.63, 3.8) is 0 Å². The highest BCUT2D eigenvalue weighted by Crippen LogP contribution is 2.07. The van der Waals surface area contributed by atoms with Gasteiger partial charge < -0.3 is 10.4 Å². The van der Waals surface area contributed by atoms with Crippen LogP contribution in [0.3, 0.4) is 0 Å². The normalized spacial score (nSPS) is 16.5. The van der Waals surface area contributed by atoms with Gasteiger partial charge in [-0.05, 0) is 18.8 Å². The molecule has 2 N–H and O–H groups in total. The van der Waals surface area contributed by atoms with E-state index in [1.807, 2.05) is 0 Å². The Kier molecular flexibility index (Phi) is 6.39. The summed E-state index contributed by atoms with van der Waals surface area (Å²) < 4.78 is 0. The minimum Gasteiger partial charge on any atom is -0.395 e. The quantitative estimate of drug-likeness (QED) is 0.641. The number of rotatable bonds is 6. The molecular weight excluding hydrogens is 150 g/mol. The van der Waals surface area contributed by atoms with E-state index in [4.69, 9.17) is 5.11 Å². The molecule has 2 nitrogen and oxygen atoms in total. The van der Waals surface area contributed by atoms with Crippen LogP contribution in [0.1, 0.15) is 40.5 Å². The molecule has 0 rings (SSSR count). The first-order chi connectivity index (χ1) is 5.65. The largest absolute Gasteiger partial charge is 0.395 e. The summed E-state index contributed by atoms with van der Waals surface area (Å²) in [5.74, 6) is 0.649. The Balaban J connectivity index is 3.82. The summed E-state index contributed by atoms with van der Waals surface area (Å²) >= 11 is 0. The smallest absolute Gasteiger partial charge is 0.0584 e. The molecule has 2 atom stereocenters. The summed E-state index contributed by atoms with van der Waals surface area (Å²) in [7, 11) is 0. The first kappa shape index (κ1) is 11.9. The van der Waals surface area contributed by atoms with Gasteiger partial charge in [-0.15, -0.1) is 0 Å². The molecular formula is C10H23NO. The summed E-state index contributed by atoms with van der Waals surface area (Å²) in [6, 6.07) is 0.819. The van der Waals surface area contributed by atoms with Gasteiger partial charge in [-0.3, -0.25) is 0 Å². The number of hydrogen-bond donors (Lipinski definition) is 2. The summed E-state index contributed by atoms with van der Waals surface area (Å²) in [5, 5.41) is 12.4. The fourth-order valence-electron chi connectivity index (χ4n) is 1.38. The van der Waals surface area contributed by atoms with Gasteiger partial charge in [0, 0.05) is 12.1 Å². The minimum absolute atomic E-state index is 0.250. The van der Waals surface area contributed by atoms with E-state index in [0.29, 0.717) is 12.0 Å². The maximum Gasteiger partial charge on any atom is 0.0584 e. The lowest BCUT2D eigenvalue weighted by atomic mass is 10.0. The van der Waals surface area contributed by atoms with E-state index < -0.39 is 0 Å². The van der Waals surface area contributed by atoms with Crippen molar-refractivity contribution in [1.29, 1.82) is 0 Å². The van der Waals surface area contributed by atoms with Crippen molar-refractivity contribution < 1.29 is 5.11 Å². The predicted molar refractivity (Wildman–Crippen MR) is 53.2 cm³/mol. The van der Waals surface area contributed by atoms with Gasteiger partial charge in [0.15, 0.2) is 0 Å². The number of nitrogens with one attached hydrogen (secondary N) is 1. The van der Waals surface area contributed by atoms with Gasteiger partial charge >= 0.3 is 0 Å². The third kappa shape index (κ3) is 4.07. The van der Waals surface area contributed by atoms with E-state index in [1.54, 1.807) is 0 Å². The van der Waals surface area contributed by atoms with Crippen LogP contribution in [0.25, 0.3) is 0 Å². The van der Waals surface area contributed by atoms with Crippen LogP contribution in [0.4, 0.5) is 0 Å². The Labute approximate surface area is 76.4 Å². The second-order valence-corrected chi connectivity index (χ2v) is 3.71. The molecule has 0 aliphatic heterocycles. The molecule has 0 heterocycles. The van der Waals surface area contributed by atoms with Gasteiger partial charge in [-0.2, -0.15) is 0 Å². The van der Waals surface area contributed by atoms with Gasteiger partial charge in [-0.25, -0.2) is 0 Å². The fourth-order valence-corrected chi connectivity index (χ4v) is 1.38. The van der Waals surface area contributed by atoms with Crippen LogP contribution >= 0.6 is 0 Å². The molecule has 0 saturated heterocycles. The van der Waals surface area contributed by atoms with E-state index in [-0.39, 0.29) is 12.6 Å². The van der Waals surface area contributed by atoms with Crippen molar-refractivity contribution in [2.75, 3.05) is 6.61 Å². The van der Waals surface area contributed by atoms with Crippen LogP contribution in [0.15, 0.2) is 0 Å². The highest BCUT2D eigenvalue weighted by atomic mass is 16.3. The zero-order chi connectivity index (χ0) is 9.56. The van der Waals surface area contributed by atoms with Gasteiger partial charge in [0.2, 0.25) is 0 Å². The molecule has 0 radical (unpaired) electrons. The number of aliphatic hydroxyl groups excluding tert-OH is 1. The topological polar surface area (TPSA) is 32.3 Å². The van der Waals surface area contributed by atoms with Gasteiger partial charge in [0.25, 0.3) is 0 Å². The number of aliphatic hydroxyl groups is 1. The summed E-state index contributed by atoms with van der Waals surface area (Å²) in [6.07, 6.45) is 2.13. The van der Waals surface area contributed by atoms with Crippen molar-refractivity contribution >= 4 is 0 Å². The average molecular weight is 173 g/mol. The Morgan fingerprint density at radius 3 is 2.00 bits per heavy atom. The van der Waals surface area contributed by atoms with E-state index in [1.165, 1.54) is 0 Å². The maximum atomic E-state index is 8.99. The second-order valence-electron chi connectivity index (χ2n) is 3.71. The highest BCUT2D eigenvalue weighted by Gasteiger charge is 2.14. The molecule has 1 unspecified atom stereocenters. The molecule has 0 aliphatic rings. The van der Waals surface area contributed by atoms with Crippen LogP contribution in [0, 0.1) is 5.92 Å². The molecule has 0 aromatic carbocycles. The van der Waals surface area contributed by atoms with Crippen LogP contribution < -0.4 is 5.32 Å². The third-order valence-corrected chi connectivity index (χ3v) is 2.41. The van der Waals surface area contributed by atoms with E-state index >= 15 is 0 Å². The van der Waals surface area contributed by atoms with Crippen LogP contribution in [0.5, 0.6) is 0 Å². The Hall–Kier alpha value is -0.0800. The summed E-state index contributed by atoms with van der Waals surface area (Å²) in [4.78, 5) is 0. The average Bonchev–Trinajstić information content (AvgIpc) is 2.06. The van der Waals surface area contributed by atoms with Gasteiger partial charge in [-0.1, -0.05) is 27.7 Å². The van der Waals surface area contributed by atoms with Crippen LogP contribution in [0.2, 0.25) is 0 Å². The monoisotopic (exact) mass is 173 g/mol. The molecule has 0 aromatic rings. The molecule has 2 heteroatoms. The molecule has 0 aliphatic carbocycles. The van der Waals surface area contributed by atoms with Crippen molar-refractivity contribution in [2.24, 2.45) is 5.92 Å². The lowest BCUT2D eigenvalue weighted by Crippen LogP contribution is -2.42. The van der Waals surface area contributed by atoms with Gasteiger partial charge in [0.05, 0.1) is 6.61 Å². The zero-order valence-corrected chi connectivity index (χ0v) is 8.80. The summed E-state index contributed by atoms with van der Waals surface area (Å²) in [6.45, 7) is 8.96. The van der Waals surface area contributed by atoms with Crippen molar-refractivity contribution in [3.05, 3.63) is 0 Å². The van der Waals surface area contributed by atoms with E-state index in [0.717, 1.165) is 12.8 Å². The van der Waals surface area contributed by atoms with Crippen LogP contribution in [-0.4, -0.2) is 23.8 Å². The third-order valence-electron chi connectivity index (χ3n) is 2.41. The standard InChI is InChI=1S/C10H23NO/c1-5-9(7-12)11-10(6-2)8(3)4/h8-12H,5-7H2,1-4H3/t9-,10?/m0/s1. The Morgan fingerprint density at radius 2 is 1.75 bits per heavy atom.